The van der Waals surface area contributed by atoms with Crippen molar-refractivity contribution < 1.29 is 9.32 Å². The van der Waals surface area contributed by atoms with Gasteiger partial charge >= 0.3 is 0 Å². The van der Waals surface area contributed by atoms with Crippen LogP contribution >= 0.6 is 0 Å². The standard InChI is InChI=1S/C26H31N3O2/c1-4-20-8-11-21(12-9-20)24(29-13-5-6-14-29)17-27-26(30)23-16-25(31-28-23)22-10-7-18(2)19(3)15-22/h7-12,15-16,24H,4-6,13-14,17H2,1-3H3,(H,27,30)/t24-/m1/s1. The first kappa shape index (κ1) is 21.3. The van der Waals surface area contributed by atoms with E-state index >= 15 is 0 Å². The summed E-state index contributed by atoms with van der Waals surface area (Å²) in [5.74, 6) is 0.410. The lowest BCUT2D eigenvalue weighted by Crippen LogP contribution is -2.36. The number of likely N-dealkylation sites (tertiary alicyclic amines) is 1. The first-order chi connectivity index (χ1) is 15.0. The maximum atomic E-state index is 12.8. The molecule has 1 aliphatic rings. The van der Waals surface area contributed by atoms with Gasteiger partial charge in [-0.2, -0.15) is 0 Å². The Morgan fingerprint density at radius 1 is 1.06 bits per heavy atom. The molecule has 1 aromatic heterocycles. The van der Waals surface area contributed by atoms with Gasteiger partial charge in [-0.3, -0.25) is 9.69 Å². The molecule has 1 amide bonds. The molecule has 0 unspecified atom stereocenters. The molecule has 2 heterocycles. The molecule has 3 aromatic rings. The average molecular weight is 418 g/mol. The van der Waals surface area contributed by atoms with Crippen molar-refractivity contribution in [3.8, 4) is 11.3 Å². The van der Waals surface area contributed by atoms with Gasteiger partial charge in [0.15, 0.2) is 11.5 Å². The number of carbonyl (C=O) groups is 1. The minimum absolute atomic E-state index is 0.170. The zero-order chi connectivity index (χ0) is 21.8. The number of aryl methyl sites for hydroxylation is 3. The summed E-state index contributed by atoms with van der Waals surface area (Å²) >= 11 is 0. The molecular formula is C26H31N3O2. The SMILES string of the molecule is CCc1ccc([C@@H](CNC(=O)c2cc(-c3ccc(C)c(C)c3)on2)N2CCCC2)cc1. The van der Waals surface area contributed by atoms with Crippen LogP contribution in [0.3, 0.4) is 0 Å². The van der Waals surface area contributed by atoms with Gasteiger partial charge in [-0.25, -0.2) is 0 Å². The highest BCUT2D eigenvalue weighted by Crippen LogP contribution is 2.26. The number of carbonyl (C=O) groups excluding carboxylic acids is 1. The topological polar surface area (TPSA) is 58.4 Å². The lowest BCUT2D eigenvalue weighted by atomic mass is 10.0. The van der Waals surface area contributed by atoms with E-state index in [9.17, 15) is 4.79 Å². The first-order valence-corrected chi connectivity index (χ1v) is 11.2. The van der Waals surface area contributed by atoms with Gasteiger partial charge in [-0.05, 0) is 74.5 Å². The maximum Gasteiger partial charge on any atom is 0.273 e. The number of hydrogen-bond donors (Lipinski definition) is 1. The minimum atomic E-state index is -0.201. The Kier molecular flexibility index (Phi) is 6.52. The van der Waals surface area contributed by atoms with Crippen LogP contribution in [0, 0.1) is 13.8 Å². The highest BCUT2D eigenvalue weighted by molar-refractivity contribution is 5.93. The van der Waals surface area contributed by atoms with Gasteiger partial charge in [0, 0.05) is 18.2 Å². The van der Waals surface area contributed by atoms with Crippen LogP contribution in [0.5, 0.6) is 0 Å². The number of benzene rings is 2. The third-order valence-corrected chi connectivity index (χ3v) is 6.34. The van der Waals surface area contributed by atoms with Crippen molar-refractivity contribution in [3.05, 3.63) is 76.5 Å². The predicted molar refractivity (Wildman–Crippen MR) is 123 cm³/mol. The van der Waals surface area contributed by atoms with E-state index in [4.69, 9.17) is 4.52 Å². The van der Waals surface area contributed by atoms with Crippen molar-refractivity contribution in [3.63, 3.8) is 0 Å². The molecule has 1 atom stereocenters. The van der Waals surface area contributed by atoms with Crippen molar-refractivity contribution in [1.82, 2.24) is 15.4 Å². The van der Waals surface area contributed by atoms with E-state index in [1.807, 2.05) is 6.07 Å². The lowest BCUT2D eigenvalue weighted by Gasteiger charge is -2.28. The highest BCUT2D eigenvalue weighted by Gasteiger charge is 2.25. The zero-order valence-electron chi connectivity index (χ0n) is 18.6. The van der Waals surface area contributed by atoms with Crippen LogP contribution in [-0.2, 0) is 6.42 Å². The number of rotatable bonds is 7. The molecule has 1 fully saturated rings. The van der Waals surface area contributed by atoms with Crippen molar-refractivity contribution in [2.24, 2.45) is 0 Å². The van der Waals surface area contributed by atoms with E-state index in [0.717, 1.165) is 25.1 Å². The number of nitrogens with zero attached hydrogens (tertiary/aromatic N) is 2. The Morgan fingerprint density at radius 2 is 1.81 bits per heavy atom. The van der Waals surface area contributed by atoms with E-state index in [-0.39, 0.29) is 11.9 Å². The molecule has 0 spiro atoms. The summed E-state index contributed by atoms with van der Waals surface area (Å²) in [5.41, 5.74) is 6.23. The normalized spacial score (nSPS) is 15.2. The number of nitrogens with one attached hydrogen (secondary N) is 1. The molecule has 1 N–H and O–H groups in total. The highest BCUT2D eigenvalue weighted by atomic mass is 16.5. The van der Waals surface area contributed by atoms with Gasteiger partial charge in [-0.15, -0.1) is 0 Å². The van der Waals surface area contributed by atoms with Crippen molar-refractivity contribution >= 4 is 5.91 Å². The zero-order valence-corrected chi connectivity index (χ0v) is 18.6. The molecule has 0 bridgehead atoms. The Bertz CT molecular complexity index is 1030. The molecule has 0 saturated carbocycles. The van der Waals surface area contributed by atoms with Gasteiger partial charge in [0.05, 0.1) is 6.04 Å². The van der Waals surface area contributed by atoms with Crippen LogP contribution in [0.1, 0.15) is 58.5 Å². The number of aromatic nitrogens is 1. The molecule has 162 valence electrons. The molecule has 5 nitrogen and oxygen atoms in total. The summed E-state index contributed by atoms with van der Waals surface area (Å²) < 4.78 is 5.46. The van der Waals surface area contributed by atoms with E-state index in [1.165, 1.54) is 35.1 Å². The second kappa shape index (κ2) is 9.48. The van der Waals surface area contributed by atoms with Crippen molar-refractivity contribution in [2.45, 2.75) is 46.1 Å². The molecule has 0 aliphatic carbocycles. The molecule has 1 saturated heterocycles. The smallest absolute Gasteiger partial charge is 0.273 e. The molecule has 31 heavy (non-hydrogen) atoms. The Labute approximate surface area is 184 Å². The van der Waals surface area contributed by atoms with Gasteiger partial charge in [0.2, 0.25) is 0 Å². The maximum absolute atomic E-state index is 12.8. The van der Waals surface area contributed by atoms with E-state index in [2.05, 4.69) is 72.5 Å². The Morgan fingerprint density at radius 3 is 2.48 bits per heavy atom. The third kappa shape index (κ3) is 4.88. The lowest BCUT2D eigenvalue weighted by molar-refractivity contribution is 0.0929. The van der Waals surface area contributed by atoms with Crippen molar-refractivity contribution in [1.29, 1.82) is 0 Å². The molecule has 1 aliphatic heterocycles. The van der Waals surface area contributed by atoms with Crippen LogP contribution in [0.4, 0.5) is 0 Å². The number of hydrogen-bond acceptors (Lipinski definition) is 4. The molecular weight excluding hydrogens is 386 g/mol. The second-order valence-electron chi connectivity index (χ2n) is 8.44. The van der Waals surface area contributed by atoms with Crippen LogP contribution < -0.4 is 5.32 Å². The predicted octanol–water partition coefficient (Wildman–Crippen LogP) is 5.09. The summed E-state index contributed by atoms with van der Waals surface area (Å²) in [5, 5.41) is 7.10. The number of amides is 1. The summed E-state index contributed by atoms with van der Waals surface area (Å²) in [4.78, 5) is 15.3. The second-order valence-corrected chi connectivity index (χ2v) is 8.44. The van der Waals surface area contributed by atoms with Crippen LogP contribution in [0.25, 0.3) is 11.3 Å². The fraction of sp³-hybridized carbons (Fsp3) is 0.385. The molecule has 4 rings (SSSR count). The van der Waals surface area contributed by atoms with E-state index in [0.29, 0.717) is 18.0 Å². The van der Waals surface area contributed by atoms with Gasteiger partial charge in [-0.1, -0.05) is 48.5 Å². The molecule has 2 aromatic carbocycles. The van der Waals surface area contributed by atoms with Crippen LogP contribution in [0.2, 0.25) is 0 Å². The summed E-state index contributed by atoms with van der Waals surface area (Å²) in [6.07, 6.45) is 3.45. The minimum Gasteiger partial charge on any atom is -0.355 e. The van der Waals surface area contributed by atoms with Gasteiger partial charge in [0.25, 0.3) is 5.91 Å². The third-order valence-electron chi connectivity index (χ3n) is 6.34. The Balaban J connectivity index is 1.46. The quantitative estimate of drug-likeness (QED) is 0.582. The molecule has 5 heteroatoms. The fourth-order valence-corrected chi connectivity index (χ4v) is 4.18. The van der Waals surface area contributed by atoms with E-state index in [1.54, 1.807) is 6.07 Å². The van der Waals surface area contributed by atoms with Crippen LogP contribution in [-0.4, -0.2) is 35.6 Å². The monoisotopic (exact) mass is 417 g/mol. The Hall–Kier alpha value is -2.92. The van der Waals surface area contributed by atoms with Crippen LogP contribution in [0.15, 0.2) is 53.1 Å². The van der Waals surface area contributed by atoms with Gasteiger partial charge < -0.3 is 9.84 Å². The summed E-state index contributed by atoms with van der Waals surface area (Å²) in [7, 11) is 0. The van der Waals surface area contributed by atoms with E-state index < -0.39 is 0 Å². The summed E-state index contributed by atoms with van der Waals surface area (Å²) in [6.45, 7) is 8.99. The first-order valence-electron chi connectivity index (χ1n) is 11.2. The van der Waals surface area contributed by atoms with Gasteiger partial charge in [0.1, 0.15) is 0 Å². The average Bonchev–Trinajstić information content (AvgIpc) is 3.49. The largest absolute Gasteiger partial charge is 0.355 e. The van der Waals surface area contributed by atoms with Crippen molar-refractivity contribution in [2.75, 3.05) is 19.6 Å². The fourth-order valence-electron chi connectivity index (χ4n) is 4.18. The summed E-state index contributed by atoms with van der Waals surface area (Å²) in [6, 6.07) is 16.8. The molecule has 0 radical (unpaired) electrons.